The molecule has 0 aliphatic rings. The van der Waals surface area contributed by atoms with E-state index in [0.29, 0.717) is 16.8 Å². The van der Waals surface area contributed by atoms with Gasteiger partial charge in [-0.2, -0.15) is 0 Å². The molecule has 1 heterocycles. The predicted molar refractivity (Wildman–Crippen MR) is 81.6 cm³/mol. The van der Waals surface area contributed by atoms with E-state index in [1.807, 2.05) is 19.1 Å². The molecule has 100 valence electrons. The number of benzene rings is 1. The molecule has 1 aromatic heterocycles. The van der Waals surface area contributed by atoms with Crippen molar-refractivity contribution in [2.24, 2.45) is 0 Å². The zero-order chi connectivity index (χ0) is 13.8. The van der Waals surface area contributed by atoms with Gasteiger partial charge in [0.15, 0.2) is 10.9 Å². The highest BCUT2D eigenvalue weighted by Crippen LogP contribution is 2.17. The van der Waals surface area contributed by atoms with Crippen LogP contribution in [0.1, 0.15) is 31.1 Å². The largest absolute Gasteiger partial charge is 0.360 e. The molecule has 5 heteroatoms. The lowest BCUT2D eigenvalue weighted by atomic mass is 10.0. The van der Waals surface area contributed by atoms with E-state index in [4.69, 9.17) is 16.7 Å². The van der Waals surface area contributed by atoms with Gasteiger partial charge in [0, 0.05) is 11.8 Å². The van der Waals surface area contributed by atoms with Crippen LogP contribution in [0.25, 0.3) is 0 Å². The number of thiocarbonyl (C=S) groups is 1. The highest BCUT2D eigenvalue weighted by molar-refractivity contribution is 7.80. The number of aryl methyl sites for hydroxylation is 1. The number of nitrogens with zero attached hydrogens (tertiary/aromatic N) is 1. The first kappa shape index (κ1) is 13.5. The molecule has 2 rings (SSSR count). The smallest absolute Gasteiger partial charge is 0.176 e. The third kappa shape index (κ3) is 3.79. The molecule has 0 bridgehead atoms. The van der Waals surface area contributed by atoms with Crippen molar-refractivity contribution >= 4 is 28.8 Å². The second kappa shape index (κ2) is 5.84. The van der Waals surface area contributed by atoms with E-state index in [-0.39, 0.29) is 0 Å². The molecule has 0 aliphatic heterocycles. The minimum atomic E-state index is 0.491. The Labute approximate surface area is 118 Å². The molecular formula is C14H17N3OS. The van der Waals surface area contributed by atoms with Gasteiger partial charge < -0.3 is 15.2 Å². The zero-order valence-electron chi connectivity index (χ0n) is 11.2. The molecule has 19 heavy (non-hydrogen) atoms. The van der Waals surface area contributed by atoms with E-state index in [1.54, 1.807) is 6.07 Å². The second-order valence-corrected chi connectivity index (χ2v) is 5.09. The van der Waals surface area contributed by atoms with Crippen molar-refractivity contribution in [1.82, 2.24) is 5.16 Å². The van der Waals surface area contributed by atoms with Crippen molar-refractivity contribution in [3.8, 4) is 0 Å². The lowest BCUT2D eigenvalue weighted by Gasteiger charge is -2.10. The molecule has 0 atom stereocenters. The van der Waals surface area contributed by atoms with Gasteiger partial charge in [0.05, 0.1) is 0 Å². The van der Waals surface area contributed by atoms with Crippen molar-refractivity contribution < 1.29 is 4.52 Å². The van der Waals surface area contributed by atoms with Crippen molar-refractivity contribution in [2.75, 3.05) is 10.6 Å². The van der Waals surface area contributed by atoms with Gasteiger partial charge >= 0.3 is 0 Å². The molecule has 0 spiro atoms. The Balaban J connectivity index is 1.95. The van der Waals surface area contributed by atoms with E-state index in [0.717, 1.165) is 11.4 Å². The fourth-order valence-corrected chi connectivity index (χ4v) is 1.88. The SMILES string of the molecule is Cc1cc(NC(=S)Nc2ccc(C(C)C)cc2)no1. The topological polar surface area (TPSA) is 50.1 Å². The molecule has 0 unspecified atom stereocenters. The maximum absolute atomic E-state index is 5.21. The van der Waals surface area contributed by atoms with Crippen molar-refractivity contribution in [3.63, 3.8) is 0 Å². The molecule has 1 aromatic carbocycles. The number of hydrogen-bond acceptors (Lipinski definition) is 3. The van der Waals surface area contributed by atoms with E-state index < -0.39 is 0 Å². The average Bonchev–Trinajstić information content (AvgIpc) is 2.75. The Bertz CT molecular complexity index is 560. The van der Waals surface area contributed by atoms with Gasteiger partial charge in [0.1, 0.15) is 5.76 Å². The lowest BCUT2D eigenvalue weighted by molar-refractivity contribution is 0.400. The monoisotopic (exact) mass is 275 g/mol. The van der Waals surface area contributed by atoms with Crippen molar-refractivity contribution in [3.05, 3.63) is 41.7 Å². The molecule has 0 saturated heterocycles. The van der Waals surface area contributed by atoms with Gasteiger partial charge in [-0.1, -0.05) is 31.1 Å². The van der Waals surface area contributed by atoms with Gasteiger partial charge in [-0.25, -0.2) is 0 Å². The van der Waals surface area contributed by atoms with Crippen LogP contribution in [-0.2, 0) is 0 Å². The Morgan fingerprint density at radius 3 is 2.42 bits per heavy atom. The van der Waals surface area contributed by atoms with Crippen molar-refractivity contribution in [2.45, 2.75) is 26.7 Å². The summed E-state index contributed by atoms with van der Waals surface area (Å²) in [5.41, 5.74) is 2.25. The summed E-state index contributed by atoms with van der Waals surface area (Å²) in [5.74, 6) is 1.87. The first-order chi connectivity index (χ1) is 9.04. The molecule has 2 aromatic rings. The number of anilines is 2. The van der Waals surface area contributed by atoms with Gasteiger partial charge in [0.25, 0.3) is 0 Å². The van der Waals surface area contributed by atoms with Gasteiger partial charge in [-0.15, -0.1) is 0 Å². The first-order valence-corrected chi connectivity index (χ1v) is 6.56. The molecule has 0 aliphatic carbocycles. The third-order valence-electron chi connectivity index (χ3n) is 2.70. The third-order valence-corrected chi connectivity index (χ3v) is 2.91. The second-order valence-electron chi connectivity index (χ2n) is 4.68. The summed E-state index contributed by atoms with van der Waals surface area (Å²) in [6, 6.07) is 10.00. The van der Waals surface area contributed by atoms with Crippen LogP contribution in [-0.4, -0.2) is 10.3 Å². The van der Waals surface area contributed by atoms with Crippen LogP contribution >= 0.6 is 12.2 Å². The average molecular weight is 275 g/mol. The van der Waals surface area contributed by atoms with Gasteiger partial charge in [0.2, 0.25) is 0 Å². The van der Waals surface area contributed by atoms with Crippen LogP contribution in [0.2, 0.25) is 0 Å². The number of rotatable bonds is 3. The Kier molecular flexibility index (Phi) is 4.16. The first-order valence-electron chi connectivity index (χ1n) is 6.16. The standard InChI is InChI=1S/C14H17N3OS/c1-9(2)11-4-6-12(7-5-11)15-14(19)16-13-8-10(3)18-17-13/h4-9H,1-3H3,(H2,15,16,17,19). The minimum absolute atomic E-state index is 0.491. The maximum Gasteiger partial charge on any atom is 0.176 e. The fraction of sp³-hybridized carbons (Fsp3) is 0.286. The van der Waals surface area contributed by atoms with E-state index in [2.05, 4.69) is 41.8 Å². The van der Waals surface area contributed by atoms with Crippen LogP contribution in [0.15, 0.2) is 34.9 Å². The molecular weight excluding hydrogens is 258 g/mol. The molecule has 4 nitrogen and oxygen atoms in total. The molecule has 0 amide bonds. The highest BCUT2D eigenvalue weighted by atomic mass is 32.1. The number of hydrogen-bond donors (Lipinski definition) is 2. The maximum atomic E-state index is 5.21. The normalized spacial score (nSPS) is 10.5. The van der Waals surface area contributed by atoms with Crippen LogP contribution in [0, 0.1) is 6.92 Å². The molecule has 2 N–H and O–H groups in total. The Morgan fingerprint density at radius 1 is 1.21 bits per heavy atom. The summed E-state index contributed by atoms with van der Waals surface area (Å²) in [6.45, 7) is 6.17. The minimum Gasteiger partial charge on any atom is -0.360 e. The van der Waals surface area contributed by atoms with Crippen LogP contribution in [0.5, 0.6) is 0 Å². The summed E-state index contributed by atoms with van der Waals surface area (Å²) in [4.78, 5) is 0. The fourth-order valence-electron chi connectivity index (χ4n) is 1.66. The molecule has 0 radical (unpaired) electrons. The summed E-state index contributed by atoms with van der Waals surface area (Å²) >= 11 is 5.21. The highest BCUT2D eigenvalue weighted by Gasteiger charge is 2.04. The van der Waals surface area contributed by atoms with Gasteiger partial charge in [-0.3, -0.25) is 0 Å². The Morgan fingerprint density at radius 2 is 1.89 bits per heavy atom. The van der Waals surface area contributed by atoms with Crippen LogP contribution < -0.4 is 10.6 Å². The lowest BCUT2D eigenvalue weighted by Crippen LogP contribution is -2.19. The van der Waals surface area contributed by atoms with Crippen LogP contribution in [0.4, 0.5) is 11.5 Å². The quantitative estimate of drug-likeness (QED) is 0.832. The van der Waals surface area contributed by atoms with E-state index >= 15 is 0 Å². The van der Waals surface area contributed by atoms with Gasteiger partial charge in [-0.05, 0) is 42.8 Å². The number of aromatic nitrogens is 1. The van der Waals surface area contributed by atoms with Crippen LogP contribution in [0.3, 0.4) is 0 Å². The Hall–Kier alpha value is -1.88. The summed E-state index contributed by atoms with van der Waals surface area (Å²) in [7, 11) is 0. The predicted octanol–water partition coefficient (Wildman–Crippen LogP) is 3.92. The van der Waals surface area contributed by atoms with E-state index in [9.17, 15) is 0 Å². The zero-order valence-corrected chi connectivity index (χ0v) is 12.0. The van der Waals surface area contributed by atoms with Crippen molar-refractivity contribution in [1.29, 1.82) is 0 Å². The van der Waals surface area contributed by atoms with E-state index in [1.165, 1.54) is 5.56 Å². The molecule has 0 saturated carbocycles. The molecule has 0 fully saturated rings. The summed E-state index contributed by atoms with van der Waals surface area (Å²) in [6.07, 6.45) is 0. The summed E-state index contributed by atoms with van der Waals surface area (Å²) < 4.78 is 4.96. The number of nitrogens with one attached hydrogen (secondary N) is 2. The summed E-state index contributed by atoms with van der Waals surface area (Å²) in [5, 5.41) is 10.4.